The summed E-state index contributed by atoms with van der Waals surface area (Å²) >= 11 is 5.98. The van der Waals surface area contributed by atoms with E-state index in [2.05, 4.69) is 17.4 Å². The summed E-state index contributed by atoms with van der Waals surface area (Å²) in [6, 6.07) is 8.72. The molecule has 1 aromatic carbocycles. The van der Waals surface area contributed by atoms with E-state index in [4.69, 9.17) is 11.6 Å². The number of hydrogen-bond acceptors (Lipinski definition) is 2. The lowest BCUT2D eigenvalue weighted by Gasteiger charge is -2.36. The molecule has 1 aromatic rings. The van der Waals surface area contributed by atoms with Gasteiger partial charge >= 0.3 is 0 Å². The Morgan fingerprint density at radius 2 is 2.24 bits per heavy atom. The molecule has 2 nitrogen and oxygen atoms in total. The number of halogens is 1. The number of hydrogen-bond donors (Lipinski definition) is 1. The molecule has 1 aliphatic rings. The van der Waals surface area contributed by atoms with Crippen molar-refractivity contribution in [2.24, 2.45) is 0 Å². The van der Waals surface area contributed by atoms with Crippen LogP contribution in [0.5, 0.6) is 0 Å². The van der Waals surface area contributed by atoms with Crippen LogP contribution >= 0.6 is 11.6 Å². The van der Waals surface area contributed by atoms with E-state index in [1.807, 2.05) is 12.1 Å². The van der Waals surface area contributed by atoms with Crippen molar-refractivity contribution in [3.63, 3.8) is 0 Å². The van der Waals surface area contributed by atoms with Crippen molar-refractivity contribution in [3.8, 4) is 0 Å². The highest BCUT2D eigenvalue weighted by atomic mass is 35.5. The zero-order chi connectivity index (χ0) is 12.3. The van der Waals surface area contributed by atoms with Crippen molar-refractivity contribution in [1.82, 2.24) is 5.32 Å². The van der Waals surface area contributed by atoms with Crippen LogP contribution in [0.3, 0.4) is 0 Å². The lowest BCUT2D eigenvalue weighted by Crippen LogP contribution is -2.41. The molecule has 2 rings (SSSR count). The van der Waals surface area contributed by atoms with Gasteiger partial charge in [-0.05, 0) is 36.5 Å². The molecule has 0 bridgehead atoms. The molecule has 1 N–H and O–H groups in total. The van der Waals surface area contributed by atoms with Gasteiger partial charge in [0.25, 0.3) is 0 Å². The summed E-state index contributed by atoms with van der Waals surface area (Å²) < 4.78 is 10.9. The summed E-state index contributed by atoms with van der Waals surface area (Å²) in [5.74, 6) is 1.39. The first-order valence-electron chi connectivity index (χ1n) is 5.94. The van der Waals surface area contributed by atoms with Gasteiger partial charge in [0.15, 0.2) is 0 Å². The Kier molecular flexibility index (Phi) is 4.60. The first-order valence-corrected chi connectivity index (χ1v) is 8.04. The van der Waals surface area contributed by atoms with Gasteiger partial charge in [-0.1, -0.05) is 23.7 Å². The van der Waals surface area contributed by atoms with Gasteiger partial charge in [0, 0.05) is 40.4 Å². The molecule has 1 unspecified atom stereocenters. The van der Waals surface area contributed by atoms with Crippen molar-refractivity contribution < 1.29 is 4.21 Å². The van der Waals surface area contributed by atoms with Gasteiger partial charge < -0.3 is 5.32 Å². The Labute approximate surface area is 110 Å². The average Bonchev–Trinajstić information content (AvgIpc) is 2.21. The van der Waals surface area contributed by atoms with Gasteiger partial charge in [0.2, 0.25) is 0 Å². The summed E-state index contributed by atoms with van der Waals surface area (Å²) in [5.41, 5.74) is 1.34. The van der Waals surface area contributed by atoms with E-state index in [0.717, 1.165) is 30.2 Å². The molecule has 0 aliphatic heterocycles. The van der Waals surface area contributed by atoms with Crippen LogP contribution in [0.2, 0.25) is 5.02 Å². The third-order valence-electron chi connectivity index (χ3n) is 3.28. The molecule has 0 radical (unpaired) electrons. The van der Waals surface area contributed by atoms with Crippen LogP contribution in [-0.2, 0) is 10.8 Å². The average molecular weight is 272 g/mol. The molecule has 94 valence electrons. The lowest BCUT2D eigenvalue weighted by atomic mass is 9.76. The standard InChI is InChI=1S/C13H18ClNOS/c1-17(16)6-5-15-13-8-11(9-13)10-3-2-4-12(14)7-10/h2-4,7,11,13,15H,5-6,8-9H2,1H3. The van der Waals surface area contributed by atoms with Gasteiger partial charge in [-0.15, -0.1) is 0 Å². The largest absolute Gasteiger partial charge is 0.313 e. The second-order valence-corrected chi connectivity index (χ2v) is 6.64. The molecular weight excluding hydrogens is 254 g/mol. The molecule has 0 aromatic heterocycles. The van der Waals surface area contributed by atoms with E-state index < -0.39 is 10.8 Å². The molecule has 0 heterocycles. The van der Waals surface area contributed by atoms with Crippen molar-refractivity contribution in [1.29, 1.82) is 0 Å². The molecule has 1 aliphatic carbocycles. The van der Waals surface area contributed by atoms with Gasteiger partial charge in [0.1, 0.15) is 0 Å². The van der Waals surface area contributed by atoms with E-state index in [9.17, 15) is 4.21 Å². The second kappa shape index (κ2) is 5.98. The van der Waals surface area contributed by atoms with Gasteiger partial charge in [-0.25, -0.2) is 0 Å². The lowest BCUT2D eigenvalue weighted by molar-refractivity contribution is 0.296. The zero-order valence-electron chi connectivity index (χ0n) is 9.99. The Morgan fingerprint density at radius 1 is 1.47 bits per heavy atom. The predicted octanol–water partition coefficient (Wildman–Crippen LogP) is 2.55. The molecular formula is C13H18ClNOS. The quantitative estimate of drug-likeness (QED) is 0.892. The highest BCUT2D eigenvalue weighted by Crippen LogP contribution is 2.37. The van der Waals surface area contributed by atoms with E-state index in [0.29, 0.717) is 12.0 Å². The van der Waals surface area contributed by atoms with Crippen LogP contribution < -0.4 is 5.32 Å². The number of benzene rings is 1. The summed E-state index contributed by atoms with van der Waals surface area (Å²) in [6.07, 6.45) is 4.07. The monoisotopic (exact) mass is 271 g/mol. The van der Waals surface area contributed by atoms with Crippen LogP contribution in [0, 0.1) is 0 Å². The van der Waals surface area contributed by atoms with Gasteiger partial charge in [0.05, 0.1) is 0 Å². The van der Waals surface area contributed by atoms with Crippen LogP contribution in [0.25, 0.3) is 0 Å². The van der Waals surface area contributed by atoms with Crippen molar-refractivity contribution >= 4 is 22.4 Å². The topological polar surface area (TPSA) is 29.1 Å². The second-order valence-electron chi connectivity index (χ2n) is 4.65. The Balaban J connectivity index is 1.73. The van der Waals surface area contributed by atoms with Crippen molar-refractivity contribution in [2.45, 2.75) is 24.8 Å². The fourth-order valence-corrected chi connectivity index (χ4v) is 2.83. The van der Waals surface area contributed by atoms with Crippen LogP contribution in [-0.4, -0.2) is 28.8 Å². The Bertz CT molecular complexity index is 404. The van der Waals surface area contributed by atoms with Crippen LogP contribution in [0.1, 0.15) is 24.3 Å². The van der Waals surface area contributed by atoms with Crippen LogP contribution in [0.4, 0.5) is 0 Å². The molecule has 1 saturated carbocycles. The fourth-order valence-electron chi connectivity index (χ4n) is 2.22. The molecule has 0 saturated heterocycles. The number of nitrogens with one attached hydrogen (secondary N) is 1. The number of rotatable bonds is 5. The van der Waals surface area contributed by atoms with Gasteiger partial charge in [-0.3, -0.25) is 4.21 Å². The molecule has 1 atom stereocenters. The van der Waals surface area contributed by atoms with Crippen LogP contribution in [0.15, 0.2) is 24.3 Å². The highest BCUT2D eigenvalue weighted by molar-refractivity contribution is 7.84. The summed E-state index contributed by atoms with van der Waals surface area (Å²) in [4.78, 5) is 0. The van der Waals surface area contributed by atoms with Crippen molar-refractivity contribution in [3.05, 3.63) is 34.9 Å². The molecule has 4 heteroatoms. The predicted molar refractivity (Wildman–Crippen MR) is 74.2 cm³/mol. The van der Waals surface area contributed by atoms with E-state index in [1.165, 1.54) is 5.56 Å². The smallest absolute Gasteiger partial charge is 0.0408 e. The van der Waals surface area contributed by atoms with Crippen molar-refractivity contribution in [2.75, 3.05) is 18.6 Å². The first kappa shape index (κ1) is 13.1. The third kappa shape index (κ3) is 3.80. The van der Waals surface area contributed by atoms with Gasteiger partial charge in [-0.2, -0.15) is 0 Å². The maximum absolute atomic E-state index is 10.9. The van der Waals surface area contributed by atoms with E-state index in [1.54, 1.807) is 6.26 Å². The fraction of sp³-hybridized carbons (Fsp3) is 0.538. The Morgan fingerprint density at radius 3 is 2.88 bits per heavy atom. The minimum Gasteiger partial charge on any atom is -0.313 e. The minimum atomic E-state index is -0.688. The first-order chi connectivity index (χ1) is 8.15. The molecule has 0 amide bonds. The summed E-state index contributed by atoms with van der Waals surface area (Å²) in [7, 11) is -0.688. The summed E-state index contributed by atoms with van der Waals surface area (Å²) in [5, 5.41) is 4.26. The maximum atomic E-state index is 10.9. The SMILES string of the molecule is CS(=O)CCNC1CC(c2cccc(Cl)c2)C1. The molecule has 17 heavy (non-hydrogen) atoms. The zero-order valence-corrected chi connectivity index (χ0v) is 11.6. The molecule has 1 fully saturated rings. The Hall–Kier alpha value is -0.380. The third-order valence-corrected chi connectivity index (χ3v) is 4.29. The van der Waals surface area contributed by atoms with E-state index >= 15 is 0 Å². The summed E-state index contributed by atoms with van der Waals surface area (Å²) in [6.45, 7) is 0.857. The maximum Gasteiger partial charge on any atom is 0.0408 e. The highest BCUT2D eigenvalue weighted by Gasteiger charge is 2.29. The molecule has 0 spiro atoms. The normalized spacial score (nSPS) is 25.3. The minimum absolute atomic E-state index is 0.586. The van der Waals surface area contributed by atoms with E-state index in [-0.39, 0.29) is 0 Å².